The minimum Gasteiger partial charge on any atom is -0.361 e. The fourth-order valence-corrected chi connectivity index (χ4v) is 3.39. The highest BCUT2D eigenvalue weighted by atomic mass is 16.1. The summed E-state index contributed by atoms with van der Waals surface area (Å²) in [4.78, 5) is 22.2. The lowest BCUT2D eigenvalue weighted by Crippen LogP contribution is -2.35. The number of nitrogens with one attached hydrogen (secondary N) is 2. The predicted octanol–water partition coefficient (Wildman–Crippen LogP) is 2.30. The highest BCUT2D eigenvalue weighted by molar-refractivity contribution is 6.22. The molecule has 2 aromatic rings. The van der Waals surface area contributed by atoms with E-state index >= 15 is 0 Å². The van der Waals surface area contributed by atoms with Gasteiger partial charge >= 0.3 is 0 Å². The second kappa shape index (κ2) is 6.00. The molecule has 0 saturated carbocycles. The number of hydrogen-bond acceptors (Lipinski definition) is 3. The summed E-state index contributed by atoms with van der Waals surface area (Å²) in [6, 6.07) is 6.25. The summed E-state index contributed by atoms with van der Waals surface area (Å²) >= 11 is 0. The van der Waals surface area contributed by atoms with Crippen LogP contribution < -0.4 is 5.32 Å². The van der Waals surface area contributed by atoms with E-state index in [-0.39, 0.29) is 5.91 Å². The third kappa shape index (κ3) is 2.52. The van der Waals surface area contributed by atoms with Crippen LogP contribution >= 0.6 is 0 Å². The zero-order valence-electron chi connectivity index (χ0n) is 13.7. The van der Waals surface area contributed by atoms with Gasteiger partial charge in [0.1, 0.15) is 5.84 Å². The van der Waals surface area contributed by atoms with Crippen LogP contribution in [-0.4, -0.2) is 41.3 Å². The van der Waals surface area contributed by atoms with Gasteiger partial charge in [0.2, 0.25) is 0 Å². The Kier molecular flexibility index (Phi) is 3.69. The molecule has 3 heterocycles. The minimum absolute atomic E-state index is 0.0541. The number of nitrogens with zero attached hydrogens (tertiary/aromatic N) is 2. The van der Waals surface area contributed by atoms with E-state index in [0.717, 1.165) is 30.9 Å². The Bertz CT molecular complexity index is 888. The van der Waals surface area contributed by atoms with Gasteiger partial charge in [0.05, 0.1) is 12.1 Å². The van der Waals surface area contributed by atoms with Gasteiger partial charge in [0, 0.05) is 36.4 Å². The zero-order valence-corrected chi connectivity index (χ0v) is 13.7. The van der Waals surface area contributed by atoms with E-state index in [9.17, 15) is 4.79 Å². The first kappa shape index (κ1) is 14.8. The lowest BCUT2D eigenvalue weighted by atomic mass is 10.1. The number of amidine groups is 1. The topological polar surface area (TPSA) is 60.5 Å². The number of hydrogen-bond donors (Lipinski definition) is 2. The molecule has 5 nitrogen and oxygen atoms in total. The van der Waals surface area contributed by atoms with Gasteiger partial charge in [-0.3, -0.25) is 9.79 Å². The molecule has 5 heteroatoms. The van der Waals surface area contributed by atoms with Gasteiger partial charge in [-0.1, -0.05) is 12.1 Å². The first-order valence-electron chi connectivity index (χ1n) is 8.28. The Hall–Kier alpha value is -2.82. The van der Waals surface area contributed by atoms with Crippen molar-refractivity contribution in [2.24, 2.45) is 4.99 Å². The van der Waals surface area contributed by atoms with E-state index in [4.69, 9.17) is 0 Å². The molecule has 0 radical (unpaired) electrons. The van der Waals surface area contributed by atoms with Crippen molar-refractivity contribution in [1.29, 1.82) is 0 Å². The molecule has 1 aromatic carbocycles. The van der Waals surface area contributed by atoms with Gasteiger partial charge in [-0.2, -0.15) is 0 Å². The number of H-pyrrole nitrogens is 1. The molecule has 0 bridgehead atoms. The molecule has 0 atom stereocenters. The number of carbonyl (C=O) groups is 1. The summed E-state index contributed by atoms with van der Waals surface area (Å²) in [5, 5.41) is 4.29. The van der Waals surface area contributed by atoms with Crippen LogP contribution in [-0.2, 0) is 11.2 Å². The van der Waals surface area contributed by atoms with Crippen molar-refractivity contribution in [2.75, 3.05) is 19.6 Å². The summed E-state index contributed by atoms with van der Waals surface area (Å²) in [6.07, 6.45) is 8.55. The van der Waals surface area contributed by atoms with E-state index < -0.39 is 0 Å². The average Bonchev–Trinajstić information content (AvgIpc) is 3.22. The number of benzene rings is 1. The molecule has 2 aliphatic heterocycles. The molecule has 0 unspecified atom stereocenters. The number of aryl methyl sites for hydroxylation is 1. The van der Waals surface area contributed by atoms with Crippen LogP contribution in [0.2, 0.25) is 0 Å². The van der Waals surface area contributed by atoms with Crippen LogP contribution in [0.5, 0.6) is 0 Å². The van der Waals surface area contributed by atoms with Gasteiger partial charge in [-0.15, -0.1) is 0 Å². The molecular formula is C19H20N4O. The second-order valence-electron chi connectivity index (χ2n) is 6.14. The molecule has 1 amide bonds. The van der Waals surface area contributed by atoms with E-state index in [2.05, 4.69) is 40.4 Å². The molecule has 2 N–H and O–H groups in total. The van der Waals surface area contributed by atoms with Crippen LogP contribution in [0.25, 0.3) is 10.9 Å². The summed E-state index contributed by atoms with van der Waals surface area (Å²) in [5.41, 5.74) is 4.30. The SMILES string of the molecule is Cc1cccc2[nH]cc(CCNC(=O)C3=CC=CN4CCN=C34)c12. The molecule has 0 fully saturated rings. The second-order valence-corrected chi connectivity index (χ2v) is 6.14. The Balaban J connectivity index is 1.43. The monoisotopic (exact) mass is 320 g/mol. The number of aromatic nitrogens is 1. The number of aliphatic imine (C=N–C) groups is 1. The molecule has 24 heavy (non-hydrogen) atoms. The summed E-state index contributed by atoms with van der Waals surface area (Å²) in [5.74, 6) is 0.736. The van der Waals surface area contributed by atoms with Crippen molar-refractivity contribution in [2.45, 2.75) is 13.3 Å². The number of aromatic amines is 1. The minimum atomic E-state index is -0.0541. The van der Waals surface area contributed by atoms with Crippen molar-refractivity contribution < 1.29 is 4.79 Å². The molecule has 0 aliphatic carbocycles. The molecule has 0 saturated heterocycles. The molecular weight excluding hydrogens is 300 g/mol. The molecule has 122 valence electrons. The van der Waals surface area contributed by atoms with Crippen molar-refractivity contribution >= 4 is 22.6 Å². The van der Waals surface area contributed by atoms with E-state index in [1.54, 1.807) is 0 Å². The number of amides is 1. The predicted molar refractivity (Wildman–Crippen MR) is 96.0 cm³/mol. The van der Waals surface area contributed by atoms with Crippen LogP contribution in [0.1, 0.15) is 11.1 Å². The highest BCUT2D eigenvalue weighted by Crippen LogP contribution is 2.22. The maximum Gasteiger partial charge on any atom is 0.255 e. The lowest BCUT2D eigenvalue weighted by molar-refractivity contribution is -0.117. The Morgan fingerprint density at radius 3 is 3.25 bits per heavy atom. The number of rotatable bonds is 4. The zero-order chi connectivity index (χ0) is 16.5. The Labute approximate surface area is 140 Å². The fraction of sp³-hybridized carbons (Fsp3) is 0.263. The normalized spacial score (nSPS) is 16.1. The first-order chi connectivity index (χ1) is 11.7. The van der Waals surface area contributed by atoms with E-state index in [0.29, 0.717) is 12.1 Å². The summed E-state index contributed by atoms with van der Waals surface area (Å²) in [7, 11) is 0. The Morgan fingerprint density at radius 1 is 1.42 bits per heavy atom. The fourth-order valence-electron chi connectivity index (χ4n) is 3.39. The Morgan fingerprint density at radius 2 is 2.33 bits per heavy atom. The molecule has 0 spiro atoms. The third-order valence-corrected chi connectivity index (χ3v) is 4.56. The van der Waals surface area contributed by atoms with Crippen molar-refractivity contribution in [1.82, 2.24) is 15.2 Å². The van der Waals surface area contributed by atoms with Crippen LogP contribution in [0.4, 0.5) is 0 Å². The van der Waals surface area contributed by atoms with Crippen molar-refractivity contribution in [3.8, 4) is 0 Å². The summed E-state index contributed by atoms with van der Waals surface area (Å²) in [6.45, 7) is 4.32. The first-order valence-corrected chi connectivity index (χ1v) is 8.28. The smallest absolute Gasteiger partial charge is 0.255 e. The van der Waals surface area contributed by atoms with Crippen molar-refractivity contribution in [3.63, 3.8) is 0 Å². The molecule has 2 aliphatic rings. The van der Waals surface area contributed by atoms with E-state index in [1.165, 1.54) is 16.5 Å². The highest BCUT2D eigenvalue weighted by Gasteiger charge is 2.25. The van der Waals surface area contributed by atoms with Crippen LogP contribution in [0.15, 0.2) is 53.3 Å². The van der Waals surface area contributed by atoms with Gasteiger partial charge in [0.25, 0.3) is 5.91 Å². The largest absolute Gasteiger partial charge is 0.361 e. The summed E-state index contributed by atoms with van der Waals surface area (Å²) < 4.78 is 0. The third-order valence-electron chi connectivity index (χ3n) is 4.56. The van der Waals surface area contributed by atoms with Gasteiger partial charge in [-0.05, 0) is 42.7 Å². The van der Waals surface area contributed by atoms with Gasteiger partial charge < -0.3 is 15.2 Å². The van der Waals surface area contributed by atoms with Crippen LogP contribution in [0.3, 0.4) is 0 Å². The number of carbonyl (C=O) groups excluding carboxylic acids is 1. The van der Waals surface area contributed by atoms with Gasteiger partial charge in [0.15, 0.2) is 0 Å². The number of fused-ring (bicyclic) bond motifs is 2. The molecule has 4 rings (SSSR count). The van der Waals surface area contributed by atoms with Gasteiger partial charge in [-0.25, -0.2) is 0 Å². The maximum absolute atomic E-state index is 12.5. The number of allylic oxidation sites excluding steroid dienone is 2. The van der Waals surface area contributed by atoms with Crippen molar-refractivity contribution in [3.05, 3.63) is 59.4 Å². The average molecular weight is 320 g/mol. The quantitative estimate of drug-likeness (QED) is 0.908. The lowest BCUT2D eigenvalue weighted by Gasteiger charge is -2.20. The van der Waals surface area contributed by atoms with Crippen LogP contribution in [0, 0.1) is 6.92 Å². The molecule has 1 aromatic heterocycles. The maximum atomic E-state index is 12.5. The van der Waals surface area contributed by atoms with E-state index in [1.807, 2.05) is 29.4 Å². The standard InChI is InChI=1S/C19H20N4O/c1-13-4-2-6-16-17(13)14(12-22-16)7-8-21-19(24)15-5-3-10-23-11-9-20-18(15)23/h2-6,10,12,22H,7-9,11H2,1H3,(H,21,24).